The number of allylic oxidation sites excluding steroid dienone is 1. The number of hydrogen-bond donors (Lipinski definition) is 1. The molecule has 0 aromatic rings. The average molecular weight is 183 g/mol. The van der Waals surface area contributed by atoms with Gasteiger partial charge in [-0.25, -0.2) is 0 Å². The third-order valence-electron chi connectivity index (χ3n) is 2.67. The zero-order valence-electron chi connectivity index (χ0n) is 8.63. The highest BCUT2D eigenvalue weighted by molar-refractivity contribution is 5.03. The van der Waals surface area contributed by atoms with Gasteiger partial charge in [0.2, 0.25) is 0 Å². The molecule has 0 aromatic carbocycles. The Balaban J connectivity index is 1.97. The molecule has 0 unspecified atom stereocenters. The van der Waals surface area contributed by atoms with Gasteiger partial charge in [0.1, 0.15) is 0 Å². The molecule has 0 saturated heterocycles. The molecule has 0 amide bonds. The second-order valence-electron chi connectivity index (χ2n) is 3.76. The van der Waals surface area contributed by atoms with Gasteiger partial charge in [0.15, 0.2) is 0 Å². The van der Waals surface area contributed by atoms with E-state index in [9.17, 15) is 0 Å². The lowest BCUT2D eigenvalue weighted by atomic mass is 10.2. The minimum Gasteiger partial charge on any atom is -0.396 e. The van der Waals surface area contributed by atoms with E-state index in [2.05, 4.69) is 17.9 Å². The number of nitrogens with zero attached hydrogens (tertiary/aromatic N) is 1. The van der Waals surface area contributed by atoms with Crippen LogP contribution in [0.3, 0.4) is 0 Å². The smallest absolute Gasteiger partial charge is 0.0431 e. The second-order valence-corrected chi connectivity index (χ2v) is 3.76. The molecule has 0 spiro atoms. The molecule has 0 atom stereocenters. The molecule has 1 aliphatic rings. The molecule has 0 bridgehead atoms. The molecule has 0 aromatic heterocycles. The van der Waals surface area contributed by atoms with Crippen LogP contribution in [0.1, 0.15) is 39.0 Å². The van der Waals surface area contributed by atoms with Crippen LogP contribution in [0.5, 0.6) is 0 Å². The monoisotopic (exact) mass is 183 g/mol. The van der Waals surface area contributed by atoms with Gasteiger partial charge in [-0.2, -0.15) is 0 Å². The van der Waals surface area contributed by atoms with Crippen molar-refractivity contribution in [2.75, 3.05) is 19.7 Å². The van der Waals surface area contributed by atoms with Crippen molar-refractivity contribution in [3.8, 4) is 0 Å². The summed E-state index contributed by atoms with van der Waals surface area (Å²) in [4.78, 5) is 2.46. The van der Waals surface area contributed by atoms with Gasteiger partial charge in [0, 0.05) is 25.4 Å². The maximum Gasteiger partial charge on any atom is 0.0431 e. The highest BCUT2D eigenvalue weighted by Crippen LogP contribution is 2.14. The van der Waals surface area contributed by atoms with Crippen LogP contribution in [0.2, 0.25) is 0 Å². The van der Waals surface area contributed by atoms with Crippen LogP contribution in [-0.2, 0) is 0 Å². The summed E-state index contributed by atoms with van der Waals surface area (Å²) in [5.41, 5.74) is 1.45. The SMILES string of the molecule is CC1=CCCN1CCCCCCO. The molecule has 76 valence electrons. The minimum absolute atomic E-state index is 0.350. The van der Waals surface area contributed by atoms with E-state index in [-0.39, 0.29) is 0 Å². The standard InChI is InChI=1S/C11H21NO/c1-11-7-6-9-12(11)8-4-2-3-5-10-13/h7,13H,2-6,8-10H2,1H3. The van der Waals surface area contributed by atoms with Gasteiger partial charge in [-0.1, -0.05) is 18.9 Å². The summed E-state index contributed by atoms with van der Waals surface area (Å²) in [6, 6.07) is 0. The predicted molar refractivity (Wildman–Crippen MR) is 55.5 cm³/mol. The molecule has 1 heterocycles. The number of rotatable bonds is 6. The normalized spacial score (nSPS) is 16.5. The highest BCUT2D eigenvalue weighted by Gasteiger charge is 2.09. The van der Waals surface area contributed by atoms with Gasteiger partial charge in [0.25, 0.3) is 0 Å². The van der Waals surface area contributed by atoms with Gasteiger partial charge < -0.3 is 10.0 Å². The third kappa shape index (κ3) is 3.81. The lowest BCUT2D eigenvalue weighted by Gasteiger charge is -2.19. The van der Waals surface area contributed by atoms with E-state index >= 15 is 0 Å². The molecule has 13 heavy (non-hydrogen) atoms. The third-order valence-corrected chi connectivity index (χ3v) is 2.67. The van der Waals surface area contributed by atoms with Gasteiger partial charge in [-0.3, -0.25) is 0 Å². The molecule has 1 aliphatic heterocycles. The number of aliphatic hydroxyl groups is 1. The quantitative estimate of drug-likeness (QED) is 0.638. The van der Waals surface area contributed by atoms with E-state index in [1.54, 1.807) is 0 Å². The molecule has 1 rings (SSSR count). The summed E-state index contributed by atoms with van der Waals surface area (Å²) in [7, 11) is 0. The summed E-state index contributed by atoms with van der Waals surface area (Å²) in [5.74, 6) is 0. The topological polar surface area (TPSA) is 23.5 Å². The van der Waals surface area contributed by atoms with Crippen LogP contribution in [0.4, 0.5) is 0 Å². The summed E-state index contributed by atoms with van der Waals surface area (Å²) < 4.78 is 0. The van der Waals surface area contributed by atoms with E-state index in [1.165, 1.54) is 44.5 Å². The second kappa shape index (κ2) is 6.03. The van der Waals surface area contributed by atoms with Crippen LogP contribution in [0.25, 0.3) is 0 Å². The van der Waals surface area contributed by atoms with Crippen molar-refractivity contribution in [2.24, 2.45) is 0 Å². The number of aliphatic hydroxyl groups excluding tert-OH is 1. The first-order valence-electron chi connectivity index (χ1n) is 5.37. The van der Waals surface area contributed by atoms with E-state index in [0.717, 1.165) is 6.42 Å². The van der Waals surface area contributed by atoms with Crippen LogP contribution in [0.15, 0.2) is 11.8 Å². The fourth-order valence-electron chi connectivity index (χ4n) is 1.79. The van der Waals surface area contributed by atoms with Gasteiger partial charge in [-0.05, 0) is 26.2 Å². The lowest BCUT2D eigenvalue weighted by Crippen LogP contribution is -2.19. The molecule has 0 aliphatic carbocycles. The lowest BCUT2D eigenvalue weighted by molar-refractivity contribution is 0.280. The Labute approximate surface area is 81.2 Å². The van der Waals surface area contributed by atoms with Crippen molar-refractivity contribution in [3.63, 3.8) is 0 Å². The Hall–Kier alpha value is -0.500. The Morgan fingerprint density at radius 3 is 2.69 bits per heavy atom. The maximum atomic E-state index is 8.60. The first-order valence-corrected chi connectivity index (χ1v) is 5.37. The van der Waals surface area contributed by atoms with Crippen LogP contribution < -0.4 is 0 Å². The Kier molecular flexibility index (Phi) is 4.91. The molecule has 0 radical (unpaired) electrons. The summed E-state index contributed by atoms with van der Waals surface area (Å²) in [6.45, 7) is 4.96. The number of hydrogen-bond acceptors (Lipinski definition) is 2. The molecule has 2 nitrogen and oxygen atoms in total. The fourth-order valence-corrected chi connectivity index (χ4v) is 1.79. The predicted octanol–water partition coefficient (Wildman–Crippen LogP) is 2.15. The summed E-state index contributed by atoms with van der Waals surface area (Å²) >= 11 is 0. The van der Waals surface area contributed by atoms with Crippen LogP contribution in [-0.4, -0.2) is 29.7 Å². The van der Waals surface area contributed by atoms with E-state index < -0.39 is 0 Å². The molecule has 2 heteroatoms. The molecule has 0 saturated carbocycles. The first-order chi connectivity index (χ1) is 6.34. The zero-order chi connectivity index (χ0) is 9.52. The zero-order valence-corrected chi connectivity index (χ0v) is 8.63. The van der Waals surface area contributed by atoms with Crippen molar-refractivity contribution >= 4 is 0 Å². The average Bonchev–Trinajstić information content (AvgIpc) is 2.52. The minimum atomic E-state index is 0.350. The Morgan fingerprint density at radius 1 is 1.31 bits per heavy atom. The van der Waals surface area contributed by atoms with Crippen LogP contribution >= 0.6 is 0 Å². The summed E-state index contributed by atoms with van der Waals surface area (Å²) in [5, 5.41) is 8.60. The first kappa shape index (κ1) is 10.6. The fraction of sp³-hybridized carbons (Fsp3) is 0.818. The van der Waals surface area contributed by atoms with E-state index in [0.29, 0.717) is 6.61 Å². The summed E-state index contributed by atoms with van der Waals surface area (Å²) in [6.07, 6.45) is 8.20. The molecular formula is C11H21NO. The largest absolute Gasteiger partial charge is 0.396 e. The van der Waals surface area contributed by atoms with Crippen molar-refractivity contribution in [1.29, 1.82) is 0 Å². The van der Waals surface area contributed by atoms with Crippen molar-refractivity contribution < 1.29 is 5.11 Å². The van der Waals surface area contributed by atoms with Crippen molar-refractivity contribution in [3.05, 3.63) is 11.8 Å². The van der Waals surface area contributed by atoms with Gasteiger partial charge in [-0.15, -0.1) is 0 Å². The van der Waals surface area contributed by atoms with Gasteiger partial charge >= 0.3 is 0 Å². The Bertz CT molecular complexity index is 165. The van der Waals surface area contributed by atoms with E-state index in [4.69, 9.17) is 5.11 Å². The van der Waals surface area contributed by atoms with Crippen LogP contribution in [0, 0.1) is 0 Å². The molecule has 1 N–H and O–H groups in total. The number of unbranched alkanes of at least 4 members (excludes halogenated alkanes) is 3. The van der Waals surface area contributed by atoms with Crippen molar-refractivity contribution in [1.82, 2.24) is 4.90 Å². The van der Waals surface area contributed by atoms with Gasteiger partial charge in [0.05, 0.1) is 0 Å². The molecular weight excluding hydrogens is 162 g/mol. The molecule has 0 fully saturated rings. The van der Waals surface area contributed by atoms with E-state index in [1.807, 2.05) is 0 Å². The van der Waals surface area contributed by atoms with Crippen molar-refractivity contribution in [2.45, 2.75) is 39.0 Å². The highest BCUT2D eigenvalue weighted by atomic mass is 16.2. The Morgan fingerprint density at radius 2 is 2.08 bits per heavy atom. The maximum absolute atomic E-state index is 8.60.